The molecule has 1 aromatic carbocycles. The van der Waals surface area contributed by atoms with E-state index in [-0.39, 0.29) is 23.6 Å². The molecule has 1 N–H and O–H groups in total. The first-order valence-electron chi connectivity index (χ1n) is 12.3. The van der Waals surface area contributed by atoms with Crippen LogP contribution in [0, 0.1) is 5.92 Å². The third-order valence-corrected chi connectivity index (χ3v) is 6.69. The number of nitrogens with zero attached hydrogens (tertiary/aromatic N) is 2. The first kappa shape index (κ1) is 25.6. The number of rotatable bonds is 10. The number of hydrogen-bond acceptors (Lipinski definition) is 4. The summed E-state index contributed by atoms with van der Waals surface area (Å²) in [5.74, 6) is 0.127. The molecule has 1 aromatic rings. The third-order valence-electron chi connectivity index (χ3n) is 6.69. The Morgan fingerprint density at radius 1 is 1.15 bits per heavy atom. The van der Waals surface area contributed by atoms with E-state index >= 15 is 0 Å². The Morgan fingerprint density at radius 2 is 1.85 bits per heavy atom. The average Bonchev–Trinajstić information content (AvgIpc) is 3.03. The highest BCUT2D eigenvalue weighted by molar-refractivity contribution is 6.20. The van der Waals surface area contributed by atoms with Gasteiger partial charge in [-0.25, -0.2) is 0 Å². The summed E-state index contributed by atoms with van der Waals surface area (Å²) in [5, 5.41) is 3.00. The minimum absolute atomic E-state index is 0.0370. The predicted octanol–water partition coefficient (Wildman–Crippen LogP) is 4.67. The molecule has 2 aliphatic heterocycles. The Morgan fingerprint density at radius 3 is 2.53 bits per heavy atom. The van der Waals surface area contributed by atoms with Crippen molar-refractivity contribution in [2.45, 2.75) is 52.4 Å². The molecule has 0 spiro atoms. The number of benzene rings is 1. The molecule has 3 rings (SSSR count). The van der Waals surface area contributed by atoms with Crippen molar-refractivity contribution >= 4 is 23.4 Å². The minimum Gasteiger partial charge on any atom is -0.326 e. The number of likely N-dealkylation sites (tertiary alicyclic amines) is 1. The second-order valence-electron chi connectivity index (χ2n) is 9.49. The lowest BCUT2D eigenvalue weighted by Crippen LogP contribution is -2.35. The number of imide groups is 1. The van der Waals surface area contributed by atoms with Crippen LogP contribution in [0.1, 0.15) is 57.9 Å². The summed E-state index contributed by atoms with van der Waals surface area (Å²) >= 11 is 0. The maximum atomic E-state index is 12.5. The van der Waals surface area contributed by atoms with Gasteiger partial charge in [-0.15, -0.1) is 0 Å². The molecule has 6 nitrogen and oxygen atoms in total. The standard InChI is InChI=1S/C28H37N3O3/c1-5-6-12-25-21(4)27(33)31(28(25)34)16-8-7-15-30-17-13-22(14-18-30)23-10-9-11-24(19-23)29-26(32)20(2)3/h5-6,9-12,19-20,22H,1,7-8,13-18H2,2-4H3,(H,29,32)/b12-6-. The number of piperidine rings is 1. The smallest absolute Gasteiger partial charge is 0.261 e. The van der Waals surface area contributed by atoms with Crippen LogP contribution in [0.2, 0.25) is 0 Å². The molecule has 0 aromatic heterocycles. The van der Waals surface area contributed by atoms with E-state index in [2.05, 4.69) is 28.9 Å². The van der Waals surface area contributed by atoms with Gasteiger partial charge in [0, 0.05) is 29.3 Å². The van der Waals surface area contributed by atoms with E-state index in [1.165, 1.54) is 10.5 Å². The fourth-order valence-electron chi connectivity index (χ4n) is 4.53. The fourth-order valence-corrected chi connectivity index (χ4v) is 4.53. The van der Waals surface area contributed by atoms with Gasteiger partial charge in [0.1, 0.15) is 0 Å². The largest absolute Gasteiger partial charge is 0.326 e. The predicted molar refractivity (Wildman–Crippen MR) is 136 cm³/mol. The van der Waals surface area contributed by atoms with Crippen molar-refractivity contribution in [2.75, 3.05) is 31.5 Å². The molecule has 0 saturated carbocycles. The Bertz CT molecular complexity index is 984. The molecule has 3 amide bonds. The molecule has 0 bridgehead atoms. The Hall–Kier alpha value is -2.99. The second-order valence-corrected chi connectivity index (χ2v) is 9.49. The number of nitrogens with one attached hydrogen (secondary N) is 1. The van der Waals surface area contributed by atoms with Crippen LogP contribution in [0.25, 0.3) is 0 Å². The van der Waals surface area contributed by atoms with E-state index < -0.39 is 0 Å². The number of unbranched alkanes of at least 4 members (excludes halogenated alkanes) is 1. The molecule has 0 aliphatic carbocycles. The lowest BCUT2D eigenvalue weighted by atomic mass is 9.89. The normalized spacial score (nSPS) is 17.9. The Kier molecular flexibility index (Phi) is 8.99. The Balaban J connectivity index is 1.41. The first-order chi connectivity index (χ1) is 16.3. The summed E-state index contributed by atoms with van der Waals surface area (Å²) in [6, 6.07) is 8.24. The summed E-state index contributed by atoms with van der Waals surface area (Å²) in [7, 11) is 0. The number of carbonyl (C=O) groups is 3. The van der Waals surface area contributed by atoms with Crippen LogP contribution in [0.5, 0.6) is 0 Å². The van der Waals surface area contributed by atoms with Gasteiger partial charge in [-0.05, 0) is 81.9 Å². The van der Waals surface area contributed by atoms with Crippen molar-refractivity contribution < 1.29 is 14.4 Å². The number of anilines is 1. The monoisotopic (exact) mass is 463 g/mol. The van der Waals surface area contributed by atoms with Gasteiger partial charge in [-0.2, -0.15) is 0 Å². The summed E-state index contributed by atoms with van der Waals surface area (Å²) in [6.07, 6.45) is 8.90. The van der Waals surface area contributed by atoms with Crippen LogP contribution in [0.4, 0.5) is 5.69 Å². The molecule has 0 atom stereocenters. The average molecular weight is 464 g/mol. The first-order valence-corrected chi connectivity index (χ1v) is 12.3. The summed E-state index contributed by atoms with van der Waals surface area (Å²) in [4.78, 5) is 40.8. The van der Waals surface area contributed by atoms with Crippen LogP contribution >= 0.6 is 0 Å². The van der Waals surface area contributed by atoms with Crippen molar-refractivity contribution in [3.63, 3.8) is 0 Å². The van der Waals surface area contributed by atoms with Crippen molar-refractivity contribution in [3.05, 3.63) is 65.8 Å². The van der Waals surface area contributed by atoms with E-state index in [4.69, 9.17) is 0 Å². The van der Waals surface area contributed by atoms with Crippen LogP contribution in [0.3, 0.4) is 0 Å². The molecular weight excluding hydrogens is 426 g/mol. The zero-order chi connectivity index (χ0) is 24.7. The molecule has 34 heavy (non-hydrogen) atoms. The quantitative estimate of drug-likeness (QED) is 0.311. The van der Waals surface area contributed by atoms with E-state index in [0.29, 0.717) is 23.6 Å². The highest BCUT2D eigenvalue weighted by Gasteiger charge is 2.33. The number of amides is 3. The molecule has 1 fully saturated rings. The maximum Gasteiger partial charge on any atom is 0.261 e. The van der Waals surface area contributed by atoms with Gasteiger partial charge in [0.25, 0.3) is 11.8 Å². The van der Waals surface area contributed by atoms with Crippen molar-refractivity contribution in [1.82, 2.24) is 9.80 Å². The number of allylic oxidation sites excluding steroid dienone is 2. The summed E-state index contributed by atoms with van der Waals surface area (Å²) in [6.45, 7) is 12.6. The third kappa shape index (κ3) is 6.32. The van der Waals surface area contributed by atoms with Gasteiger partial charge < -0.3 is 10.2 Å². The van der Waals surface area contributed by atoms with Gasteiger partial charge in [-0.3, -0.25) is 19.3 Å². The lowest BCUT2D eigenvalue weighted by molar-refractivity contribution is -0.137. The second kappa shape index (κ2) is 11.9. The van der Waals surface area contributed by atoms with Gasteiger partial charge in [0.2, 0.25) is 5.91 Å². The minimum atomic E-state index is -0.201. The summed E-state index contributed by atoms with van der Waals surface area (Å²) < 4.78 is 0. The van der Waals surface area contributed by atoms with Gasteiger partial charge in [0.15, 0.2) is 0 Å². The highest BCUT2D eigenvalue weighted by atomic mass is 16.2. The van der Waals surface area contributed by atoms with Gasteiger partial charge >= 0.3 is 0 Å². The van der Waals surface area contributed by atoms with E-state index in [1.807, 2.05) is 26.0 Å². The lowest BCUT2D eigenvalue weighted by Gasteiger charge is -2.32. The van der Waals surface area contributed by atoms with Gasteiger partial charge in [-0.1, -0.05) is 44.7 Å². The summed E-state index contributed by atoms with van der Waals surface area (Å²) in [5.41, 5.74) is 3.15. The molecule has 2 heterocycles. The van der Waals surface area contributed by atoms with E-state index in [0.717, 1.165) is 51.0 Å². The molecule has 6 heteroatoms. The van der Waals surface area contributed by atoms with Crippen LogP contribution in [-0.2, 0) is 14.4 Å². The Labute approximate surface area is 203 Å². The van der Waals surface area contributed by atoms with E-state index in [9.17, 15) is 14.4 Å². The molecule has 0 unspecified atom stereocenters. The zero-order valence-electron chi connectivity index (χ0n) is 20.7. The fraction of sp³-hybridized carbons (Fsp3) is 0.464. The highest BCUT2D eigenvalue weighted by Crippen LogP contribution is 2.30. The molecular formula is C28H37N3O3. The molecule has 0 radical (unpaired) electrons. The zero-order valence-corrected chi connectivity index (χ0v) is 20.7. The topological polar surface area (TPSA) is 69.7 Å². The number of hydrogen-bond donors (Lipinski definition) is 1. The van der Waals surface area contributed by atoms with Crippen LogP contribution in [0.15, 0.2) is 60.2 Å². The van der Waals surface area contributed by atoms with Gasteiger partial charge in [0.05, 0.1) is 0 Å². The SMILES string of the molecule is C=C/C=C\C1=C(C)C(=O)N(CCCCN2CCC(c3cccc(NC(=O)C(C)C)c3)CC2)C1=O. The molecule has 1 saturated heterocycles. The van der Waals surface area contributed by atoms with Crippen LogP contribution in [-0.4, -0.2) is 53.7 Å². The molecule has 182 valence electrons. The molecule has 2 aliphatic rings. The maximum absolute atomic E-state index is 12.5. The van der Waals surface area contributed by atoms with Crippen molar-refractivity contribution in [3.8, 4) is 0 Å². The van der Waals surface area contributed by atoms with Crippen LogP contribution < -0.4 is 5.32 Å². The van der Waals surface area contributed by atoms with Crippen molar-refractivity contribution in [1.29, 1.82) is 0 Å². The van der Waals surface area contributed by atoms with Crippen molar-refractivity contribution in [2.24, 2.45) is 5.92 Å². The van der Waals surface area contributed by atoms with E-state index in [1.54, 1.807) is 25.2 Å². The number of carbonyl (C=O) groups excluding carboxylic acids is 3.